The van der Waals surface area contributed by atoms with Crippen LogP contribution in [0.2, 0.25) is 0 Å². The van der Waals surface area contributed by atoms with Crippen LogP contribution in [0.3, 0.4) is 0 Å². The molecule has 94 valence electrons. The molecule has 0 radical (unpaired) electrons. The molecule has 0 unspecified atom stereocenters. The van der Waals surface area contributed by atoms with Crippen molar-refractivity contribution in [3.05, 3.63) is 47.5 Å². The molecule has 0 spiro atoms. The van der Waals surface area contributed by atoms with Crippen molar-refractivity contribution < 1.29 is 4.79 Å². The van der Waals surface area contributed by atoms with Gasteiger partial charge in [0, 0.05) is 30.2 Å². The SMILES string of the molecule is CCc1cc(C(=O)NCCc2cn[nH]c2)ccn1. The van der Waals surface area contributed by atoms with E-state index in [1.54, 1.807) is 18.5 Å². The van der Waals surface area contributed by atoms with Gasteiger partial charge < -0.3 is 5.32 Å². The molecule has 2 rings (SSSR count). The summed E-state index contributed by atoms with van der Waals surface area (Å²) in [5.41, 5.74) is 2.67. The smallest absolute Gasteiger partial charge is 0.251 e. The summed E-state index contributed by atoms with van der Waals surface area (Å²) in [6.07, 6.45) is 6.86. The van der Waals surface area contributed by atoms with Crippen LogP contribution in [-0.2, 0) is 12.8 Å². The highest BCUT2D eigenvalue weighted by Crippen LogP contribution is 2.02. The Hall–Kier alpha value is -2.17. The first-order chi connectivity index (χ1) is 8.79. The number of pyridine rings is 1. The van der Waals surface area contributed by atoms with E-state index in [1.807, 2.05) is 19.2 Å². The molecule has 1 amide bonds. The molecule has 0 saturated carbocycles. The van der Waals surface area contributed by atoms with Crippen LogP contribution in [0.5, 0.6) is 0 Å². The van der Waals surface area contributed by atoms with E-state index in [9.17, 15) is 4.79 Å². The average Bonchev–Trinajstić information content (AvgIpc) is 2.92. The number of aromatic nitrogens is 3. The van der Waals surface area contributed by atoms with E-state index in [-0.39, 0.29) is 5.91 Å². The number of aromatic amines is 1. The maximum atomic E-state index is 11.9. The number of carbonyl (C=O) groups is 1. The zero-order valence-electron chi connectivity index (χ0n) is 10.3. The first kappa shape index (κ1) is 12.3. The molecule has 18 heavy (non-hydrogen) atoms. The minimum Gasteiger partial charge on any atom is -0.352 e. The van der Waals surface area contributed by atoms with Gasteiger partial charge in [-0.1, -0.05) is 6.92 Å². The van der Waals surface area contributed by atoms with Crippen LogP contribution in [-0.4, -0.2) is 27.6 Å². The normalized spacial score (nSPS) is 10.3. The number of hydrogen-bond donors (Lipinski definition) is 2. The molecule has 0 aliphatic rings. The second kappa shape index (κ2) is 5.95. The van der Waals surface area contributed by atoms with Crippen LogP contribution in [0.15, 0.2) is 30.7 Å². The third-order valence-corrected chi connectivity index (χ3v) is 2.70. The Morgan fingerprint density at radius 3 is 3.11 bits per heavy atom. The van der Waals surface area contributed by atoms with Gasteiger partial charge in [0.15, 0.2) is 0 Å². The van der Waals surface area contributed by atoms with Crippen LogP contribution in [0.1, 0.15) is 28.5 Å². The number of amides is 1. The number of nitrogens with zero attached hydrogens (tertiary/aromatic N) is 2. The van der Waals surface area contributed by atoms with E-state index < -0.39 is 0 Å². The maximum absolute atomic E-state index is 11.9. The van der Waals surface area contributed by atoms with Crippen molar-refractivity contribution in [2.24, 2.45) is 0 Å². The summed E-state index contributed by atoms with van der Waals surface area (Å²) in [5, 5.41) is 9.48. The lowest BCUT2D eigenvalue weighted by Gasteiger charge is -2.05. The molecule has 0 saturated heterocycles. The lowest BCUT2D eigenvalue weighted by Crippen LogP contribution is -2.25. The fraction of sp³-hybridized carbons (Fsp3) is 0.308. The fourth-order valence-corrected chi connectivity index (χ4v) is 1.65. The lowest BCUT2D eigenvalue weighted by molar-refractivity contribution is 0.0954. The first-order valence-electron chi connectivity index (χ1n) is 6.00. The predicted octanol–water partition coefficient (Wildman–Crippen LogP) is 1.34. The number of rotatable bonds is 5. The second-order valence-corrected chi connectivity index (χ2v) is 4.00. The number of H-pyrrole nitrogens is 1. The quantitative estimate of drug-likeness (QED) is 0.833. The van der Waals surface area contributed by atoms with Crippen LogP contribution >= 0.6 is 0 Å². The van der Waals surface area contributed by atoms with E-state index in [0.717, 1.165) is 24.1 Å². The van der Waals surface area contributed by atoms with Gasteiger partial charge in [0.1, 0.15) is 0 Å². The van der Waals surface area contributed by atoms with Crippen molar-refractivity contribution >= 4 is 5.91 Å². The highest BCUT2D eigenvalue weighted by molar-refractivity contribution is 5.94. The Morgan fingerprint density at radius 2 is 2.39 bits per heavy atom. The van der Waals surface area contributed by atoms with Crippen molar-refractivity contribution in [2.75, 3.05) is 6.54 Å². The molecule has 2 aromatic heterocycles. The molecule has 0 aromatic carbocycles. The highest BCUT2D eigenvalue weighted by atomic mass is 16.1. The van der Waals surface area contributed by atoms with Crippen molar-refractivity contribution in [3.8, 4) is 0 Å². The van der Waals surface area contributed by atoms with Crippen molar-refractivity contribution in [1.29, 1.82) is 0 Å². The van der Waals surface area contributed by atoms with Crippen molar-refractivity contribution in [3.63, 3.8) is 0 Å². The summed E-state index contributed by atoms with van der Waals surface area (Å²) in [5.74, 6) is -0.0596. The summed E-state index contributed by atoms with van der Waals surface area (Å²) in [4.78, 5) is 16.0. The summed E-state index contributed by atoms with van der Waals surface area (Å²) in [6.45, 7) is 2.62. The van der Waals surface area contributed by atoms with E-state index in [2.05, 4.69) is 20.5 Å². The molecule has 0 atom stereocenters. The summed E-state index contributed by atoms with van der Waals surface area (Å²) < 4.78 is 0. The largest absolute Gasteiger partial charge is 0.352 e. The van der Waals surface area contributed by atoms with Crippen molar-refractivity contribution in [1.82, 2.24) is 20.5 Å². The Morgan fingerprint density at radius 1 is 1.50 bits per heavy atom. The number of nitrogens with one attached hydrogen (secondary N) is 2. The molecule has 0 aliphatic carbocycles. The van der Waals surface area contributed by atoms with E-state index in [0.29, 0.717) is 12.1 Å². The van der Waals surface area contributed by atoms with Gasteiger partial charge in [-0.2, -0.15) is 5.10 Å². The zero-order valence-corrected chi connectivity index (χ0v) is 10.3. The third-order valence-electron chi connectivity index (χ3n) is 2.70. The van der Waals surface area contributed by atoms with Crippen LogP contribution in [0.25, 0.3) is 0 Å². The van der Waals surface area contributed by atoms with E-state index >= 15 is 0 Å². The fourth-order valence-electron chi connectivity index (χ4n) is 1.65. The van der Waals surface area contributed by atoms with Crippen LogP contribution in [0, 0.1) is 0 Å². The minimum absolute atomic E-state index is 0.0596. The van der Waals surface area contributed by atoms with E-state index in [4.69, 9.17) is 0 Å². The Labute approximate surface area is 106 Å². The molecule has 2 N–H and O–H groups in total. The van der Waals surface area contributed by atoms with Gasteiger partial charge in [-0.25, -0.2) is 0 Å². The summed E-state index contributed by atoms with van der Waals surface area (Å²) in [6, 6.07) is 3.56. The van der Waals surface area contributed by atoms with Crippen LogP contribution < -0.4 is 5.32 Å². The minimum atomic E-state index is -0.0596. The Balaban J connectivity index is 1.87. The van der Waals surface area contributed by atoms with E-state index in [1.165, 1.54) is 0 Å². The average molecular weight is 244 g/mol. The summed E-state index contributed by atoms with van der Waals surface area (Å²) >= 11 is 0. The Kier molecular flexibility index (Phi) is 4.06. The number of aryl methyl sites for hydroxylation is 1. The van der Waals surface area contributed by atoms with Crippen molar-refractivity contribution in [2.45, 2.75) is 19.8 Å². The van der Waals surface area contributed by atoms with Gasteiger partial charge in [0.2, 0.25) is 0 Å². The third kappa shape index (κ3) is 3.16. The molecule has 5 heteroatoms. The zero-order chi connectivity index (χ0) is 12.8. The van der Waals surface area contributed by atoms with Crippen LogP contribution in [0.4, 0.5) is 0 Å². The Bertz CT molecular complexity index is 507. The molecule has 5 nitrogen and oxygen atoms in total. The number of carbonyl (C=O) groups excluding carboxylic acids is 1. The van der Waals surface area contributed by atoms with Gasteiger partial charge in [-0.15, -0.1) is 0 Å². The lowest BCUT2D eigenvalue weighted by atomic mass is 10.2. The monoisotopic (exact) mass is 244 g/mol. The topological polar surface area (TPSA) is 70.7 Å². The van der Waals surface area contributed by atoms with Gasteiger partial charge in [-0.3, -0.25) is 14.9 Å². The van der Waals surface area contributed by atoms with Gasteiger partial charge >= 0.3 is 0 Å². The number of hydrogen-bond acceptors (Lipinski definition) is 3. The highest BCUT2D eigenvalue weighted by Gasteiger charge is 2.05. The molecular formula is C13H16N4O. The van der Waals surface area contributed by atoms with Gasteiger partial charge in [-0.05, 0) is 30.5 Å². The first-order valence-corrected chi connectivity index (χ1v) is 6.00. The van der Waals surface area contributed by atoms with Gasteiger partial charge in [0.25, 0.3) is 5.91 Å². The molecule has 0 fully saturated rings. The van der Waals surface area contributed by atoms with Gasteiger partial charge in [0.05, 0.1) is 6.20 Å². The molecule has 0 bridgehead atoms. The summed E-state index contributed by atoms with van der Waals surface area (Å²) in [7, 11) is 0. The molecule has 2 heterocycles. The standard InChI is InChI=1S/C13H16N4O/c1-2-12-7-11(4-6-14-12)13(18)15-5-3-10-8-16-17-9-10/h4,6-9H,2-3,5H2,1H3,(H,15,18)(H,16,17). The molecule has 2 aromatic rings. The molecular weight excluding hydrogens is 228 g/mol. The second-order valence-electron chi connectivity index (χ2n) is 4.00. The molecule has 0 aliphatic heterocycles. The predicted molar refractivity (Wildman–Crippen MR) is 68.2 cm³/mol. The maximum Gasteiger partial charge on any atom is 0.251 e.